The zero-order valence-corrected chi connectivity index (χ0v) is 14.7. The Morgan fingerprint density at radius 3 is 2.84 bits per heavy atom. The third-order valence-electron chi connectivity index (χ3n) is 3.90. The molecule has 3 rings (SSSR count). The van der Waals surface area contributed by atoms with Crippen LogP contribution < -0.4 is 0 Å². The van der Waals surface area contributed by atoms with Crippen LogP contribution in [0.5, 0.6) is 0 Å². The second-order valence-electron chi connectivity index (χ2n) is 5.53. The monoisotopic (exact) mass is 352 g/mol. The zero-order chi connectivity index (χ0) is 18.0. The van der Waals surface area contributed by atoms with Gasteiger partial charge in [-0.3, -0.25) is 4.79 Å². The van der Waals surface area contributed by atoms with Crippen molar-refractivity contribution < 1.29 is 4.79 Å². The molecular weight excluding hydrogens is 336 g/mol. The Morgan fingerprint density at radius 2 is 2.16 bits per heavy atom. The van der Waals surface area contributed by atoms with Gasteiger partial charge in [-0.15, -0.1) is 10.2 Å². The summed E-state index contributed by atoms with van der Waals surface area (Å²) < 4.78 is 2.06. The quantitative estimate of drug-likeness (QED) is 0.540. The van der Waals surface area contributed by atoms with Crippen LogP contribution in [0.3, 0.4) is 0 Å². The number of para-hydroxylation sites is 1. The number of nitrogens with one attached hydrogen (secondary N) is 1. The maximum Gasteiger partial charge on any atom is 0.211 e. The fraction of sp³-hybridized carbons (Fsp3) is 0.294. The molecule has 0 saturated carbocycles. The number of carbonyl (C=O) groups excluding carboxylic acids is 1. The van der Waals surface area contributed by atoms with Crippen LogP contribution in [0, 0.1) is 22.7 Å². The summed E-state index contributed by atoms with van der Waals surface area (Å²) in [7, 11) is 0. The third kappa shape index (κ3) is 3.10. The molecular formula is C17H16N6OS. The van der Waals surface area contributed by atoms with E-state index >= 15 is 0 Å². The summed E-state index contributed by atoms with van der Waals surface area (Å²) in [6, 6.07) is 9.78. The number of benzene rings is 1. The molecule has 0 aliphatic carbocycles. The maximum absolute atomic E-state index is 12.1. The van der Waals surface area contributed by atoms with Crippen molar-refractivity contribution in [2.24, 2.45) is 5.92 Å². The lowest BCUT2D eigenvalue weighted by atomic mass is 10.0. The smallest absolute Gasteiger partial charge is 0.211 e. The van der Waals surface area contributed by atoms with Crippen LogP contribution in [0.1, 0.15) is 13.8 Å². The molecule has 25 heavy (non-hydrogen) atoms. The van der Waals surface area contributed by atoms with Gasteiger partial charge in [-0.05, 0) is 19.9 Å². The largest absolute Gasteiger partial charge is 0.324 e. The number of hydrogen-bond donors (Lipinski definition) is 1. The highest BCUT2D eigenvalue weighted by Crippen LogP contribution is 2.27. The van der Waals surface area contributed by atoms with Gasteiger partial charge in [0.1, 0.15) is 11.4 Å². The first-order chi connectivity index (χ1) is 12.1. The molecule has 0 amide bonds. The van der Waals surface area contributed by atoms with Crippen molar-refractivity contribution in [3.63, 3.8) is 0 Å². The Morgan fingerprint density at radius 1 is 1.40 bits per heavy atom. The van der Waals surface area contributed by atoms with Gasteiger partial charge >= 0.3 is 0 Å². The van der Waals surface area contributed by atoms with Gasteiger partial charge in [0.05, 0.1) is 17.3 Å². The average Bonchev–Trinajstić information content (AvgIpc) is 2.93. The number of fused-ring (bicyclic) bond motifs is 3. The highest BCUT2D eigenvalue weighted by Gasteiger charge is 2.21. The first-order valence-electron chi connectivity index (χ1n) is 7.78. The third-order valence-corrected chi connectivity index (χ3v) is 4.76. The van der Waals surface area contributed by atoms with E-state index in [4.69, 9.17) is 10.7 Å². The topological polar surface area (TPSA) is 108 Å². The SMILES string of the molecule is CCn1c2ccccc2c2nnc(SCC(=O)[C@@H](C#N)C(C)=N)nc21. The van der Waals surface area contributed by atoms with Crippen LogP contribution in [0.25, 0.3) is 22.1 Å². The molecule has 126 valence electrons. The molecule has 0 fully saturated rings. The molecule has 1 aromatic carbocycles. The van der Waals surface area contributed by atoms with Gasteiger partial charge in [0.25, 0.3) is 0 Å². The number of aromatic nitrogens is 4. The van der Waals surface area contributed by atoms with E-state index in [0.29, 0.717) is 5.16 Å². The lowest BCUT2D eigenvalue weighted by Gasteiger charge is -2.05. The number of rotatable bonds is 6. The van der Waals surface area contributed by atoms with Crippen LogP contribution >= 0.6 is 11.8 Å². The summed E-state index contributed by atoms with van der Waals surface area (Å²) in [5.74, 6) is -1.29. The number of nitrogens with zero attached hydrogens (tertiary/aromatic N) is 5. The highest BCUT2D eigenvalue weighted by atomic mass is 32.2. The van der Waals surface area contributed by atoms with Gasteiger partial charge in [-0.25, -0.2) is 4.98 Å². The second-order valence-corrected chi connectivity index (χ2v) is 6.47. The summed E-state index contributed by atoms with van der Waals surface area (Å²) in [6.45, 7) is 4.24. The van der Waals surface area contributed by atoms with Crippen LogP contribution in [0.15, 0.2) is 29.4 Å². The summed E-state index contributed by atoms with van der Waals surface area (Å²) in [6.07, 6.45) is 0. The minimum atomic E-state index is -1.01. The van der Waals surface area contributed by atoms with E-state index in [1.54, 1.807) is 0 Å². The Kier molecular flexibility index (Phi) is 4.76. The average molecular weight is 352 g/mol. The predicted octanol–water partition coefficient (Wildman–Crippen LogP) is 2.84. The van der Waals surface area contributed by atoms with Crippen molar-refractivity contribution in [1.82, 2.24) is 19.7 Å². The molecule has 0 saturated heterocycles. The normalized spacial score (nSPS) is 12.2. The van der Waals surface area contributed by atoms with E-state index in [2.05, 4.69) is 19.7 Å². The predicted molar refractivity (Wildman–Crippen MR) is 96.7 cm³/mol. The number of carbonyl (C=O) groups is 1. The van der Waals surface area contributed by atoms with Crippen molar-refractivity contribution in [3.8, 4) is 6.07 Å². The van der Waals surface area contributed by atoms with Gasteiger partial charge in [0.2, 0.25) is 5.16 Å². The molecule has 3 aromatic rings. The van der Waals surface area contributed by atoms with Gasteiger partial charge in [0, 0.05) is 17.6 Å². The molecule has 0 aliphatic heterocycles. The van der Waals surface area contributed by atoms with Gasteiger partial charge in [-0.1, -0.05) is 30.0 Å². The number of ketones is 1. The summed E-state index contributed by atoms with van der Waals surface area (Å²) in [5.41, 5.74) is 2.56. The Hall–Kier alpha value is -2.79. The van der Waals surface area contributed by atoms with E-state index in [1.165, 1.54) is 6.92 Å². The summed E-state index contributed by atoms with van der Waals surface area (Å²) in [5, 5.41) is 26.2. The maximum atomic E-state index is 12.1. The molecule has 1 atom stereocenters. The molecule has 0 aliphatic rings. The van der Waals surface area contributed by atoms with Crippen molar-refractivity contribution in [1.29, 1.82) is 10.7 Å². The van der Waals surface area contributed by atoms with E-state index in [9.17, 15) is 4.79 Å². The van der Waals surface area contributed by atoms with Gasteiger partial charge in [-0.2, -0.15) is 5.26 Å². The highest BCUT2D eigenvalue weighted by molar-refractivity contribution is 7.99. The van der Waals surface area contributed by atoms with Gasteiger partial charge < -0.3 is 9.98 Å². The molecule has 2 aromatic heterocycles. The van der Waals surface area contributed by atoms with E-state index < -0.39 is 5.92 Å². The molecule has 8 heteroatoms. The molecule has 0 unspecified atom stereocenters. The van der Waals surface area contributed by atoms with Crippen LogP contribution in [0.2, 0.25) is 0 Å². The molecule has 0 spiro atoms. The number of nitriles is 1. The zero-order valence-electron chi connectivity index (χ0n) is 13.9. The number of thioether (sulfide) groups is 1. The van der Waals surface area contributed by atoms with E-state index in [0.717, 1.165) is 40.4 Å². The van der Waals surface area contributed by atoms with Crippen LogP contribution in [0.4, 0.5) is 0 Å². The van der Waals surface area contributed by atoms with Crippen molar-refractivity contribution >= 4 is 45.3 Å². The number of hydrogen-bond acceptors (Lipinski definition) is 7. The van der Waals surface area contributed by atoms with E-state index in [-0.39, 0.29) is 17.2 Å². The van der Waals surface area contributed by atoms with E-state index in [1.807, 2.05) is 37.3 Å². The van der Waals surface area contributed by atoms with Crippen molar-refractivity contribution in [3.05, 3.63) is 24.3 Å². The standard InChI is InChI=1S/C17H16N6OS/c1-3-23-13-7-5-4-6-11(13)15-16(23)20-17(22-21-15)25-9-14(24)12(8-18)10(2)19/h4-7,12,19H,3,9H2,1-2H3/t12-/m0/s1. The summed E-state index contributed by atoms with van der Waals surface area (Å²) >= 11 is 1.14. The number of aryl methyl sites for hydroxylation is 1. The lowest BCUT2D eigenvalue weighted by Crippen LogP contribution is -2.21. The molecule has 0 radical (unpaired) electrons. The summed E-state index contributed by atoms with van der Waals surface area (Å²) in [4.78, 5) is 16.6. The second kappa shape index (κ2) is 6.99. The van der Waals surface area contributed by atoms with Crippen LogP contribution in [-0.4, -0.2) is 37.0 Å². The van der Waals surface area contributed by atoms with Gasteiger partial charge in [0.15, 0.2) is 11.4 Å². The minimum Gasteiger partial charge on any atom is -0.324 e. The van der Waals surface area contributed by atoms with Crippen molar-refractivity contribution in [2.75, 3.05) is 5.75 Å². The molecule has 2 heterocycles. The van der Waals surface area contributed by atoms with Crippen LogP contribution in [-0.2, 0) is 11.3 Å². The first-order valence-corrected chi connectivity index (χ1v) is 8.77. The molecule has 0 bridgehead atoms. The molecule has 1 N–H and O–H groups in total. The fourth-order valence-electron chi connectivity index (χ4n) is 2.70. The van der Waals surface area contributed by atoms with Crippen molar-refractivity contribution in [2.45, 2.75) is 25.5 Å². The fourth-order valence-corrected chi connectivity index (χ4v) is 3.39. The number of Topliss-reactive ketones (excluding diaryl/α,β-unsaturated/α-hetero) is 1. The first kappa shape index (κ1) is 17.0. The Bertz CT molecular complexity index is 1020. The minimum absolute atomic E-state index is 0.0357. The molecule has 7 nitrogen and oxygen atoms in total. The lowest BCUT2D eigenvalue weighted by molar-refractivity contribution is -0.117. The Labute approximate surface area is 148 Å². The Balaban J connectivity index is 1.92.